The Kier molecular flexibility index (Phi) is 6.02. The van der Waals surface area contributed by atoms with Gasteiger partial charge >= 0.3 is 6.03 Å². The van der Waals surface area contributed by atoms with Gasteiger partial charge in [0.15, 0.2) is 0 Å². The normalized spacial score (nSPS) is 16.7. The minimum absolute atomic E-state index is 0.00799. The summed E-state index contributed by atoms with van der Waals surface area (Å²) in [7, 11) is 0. The van der Waals surface area contributed by atoms with E-state index in [4.69, 9.17) is 4.42 Å². The number of urea groups is 1. The molecule has 4 rings (SSSR count). The van der Waals surface area contributed by atoms with Gasteiger partial charge in [0.1, 0.15) is 5.76 Å². The van der Waals surface area contributed by atoms with Gasteiger partial charge in [-0.1, -0.05) is 6.07 Å². The summed E-state index contributed by atoms with van der Waals surface area (Å²) in [6, 6.07) is 10.6. The molecule has 1 saturated carbocycles. The van der Waals surface area contributed by atoms with Gasteiger partial charge < -0.3 is 25.3 Å². The fourth-order valence-electron chi connectivity index (χ4n) is 3.57. The van der Waals surface area contributed by atoms with Gasteiger partial charge in [0, 0.05) is 36.3 Å². The summed E-state index contributed by atoms with van der Waals surface area (Å²) in [5.74, 6) is 0.514. The molecule has 1 aromatic carbocycles. The zero-order chi connectivity index (χ0) is 20.9. The van der Waals surface area contributed by atoms with Crippen molar-refractivity contribution in [2.24, 2.45) is 5.92 Å². The number of hydrogen-bond acceptors (Lipinski definition) is 4. The zero-order valence-corrected chi connectivity index (χ0v) is 16.7. The lowest BCUT2D eigenvalue weighted by Crippen LogP contribution is -2.42. The van der Waals surface area contributed by atoms with Crippen LogP contribution in [-0.4, -0.2) is 41.9 Å². The Hall–Kier alpha value is -3.29. The lowest BCUT2D eigenvalue weighted by atomic mass is 9.95. The lowest BCUT2D eigenvalue weighted by Gasteiger charge is -2.31. The number of rotatable bonds is 6. The van der Waals surface area contributed by atoms with Crippen LogP contribution in [0.25, 0.3) is 0 Å². The molecule has 0 unspecified atom stereocenters. The first-order chi connectivity index (χ1) is 14.6. The summed E-state index contributed by atoms with van der Waals surface area (Å²) in [4.78, 5) is 38.9. The van der Waals surface area contributed by atoms with Crippen molar-refractivity contribution in [2.75, 3.05) is 18.4 Å². The highest BCUT2D eigenvalue weighted by Gasteiger charge is 2.28. The molecule has 8 nitrogen and oxygen atoms in total. The van der Waals surface area contributed by atoms with Crippen molar-refractivity contribution in [1.29, 1.82) is 0 Å². The van der Waals surface area contributed by atoms with Crippen LogP contribution in [0.1, 0.15) is 41.8 Å². The molecule has 0 bridgehead atoms. The van der Waals surface area contributed by atoms with Crippen LogP contribution in [0.3, 0.4) is 0 Å². The molecule has 2 fully saturated rings. The number of benzene rings is 1. The van der Waals surface area contributed by atoms with Crippen molar-refractivity contribution in [2.45, 2.75) is 38.3 Å². The van der Waals surface area contributed by atoms with Gasteiger partial charge in [-0.25, -0.2) is 4.79 Å². The van der Waals surface area contributed by atoms with E-state index in [9.17, 15) is 14.4 Å². The summed E-state index contributed by atoms with van der Waals surface area (Å²) in [6.07, 6.45) is 4.86. The third-order valence-electron chi connectivity index (χ3n) is 5.45. The van der Waals surface area contributed by atoms with Crippen molar-refractivity contribution in [1.82, 2.24) is 15.5 Å². The SMILES string of the molecule is O=C(Nc1cccc(C(=O)N2CCC(C(=O)NCc3ccco3)CC2)c1)NC1CC1. The lowest BCUT2D eigenvalue weighted by molar-refractivity contribution is -0.126. The van der Waals surface area contributed by atoms with Gasteiger partial charge in [0.2, 0.25) is 5.91 Å². The van der Waals surface area contributed by atoms with E-state index in [1.807, 2.05) is 6.07 Å². The topological polar surface area (TPSA) is 104 Å². The molecule has 4 amide bonds. The Bertz CT molecular complexity index is 900. The second-order valence-electron chi connectivity index (χ2n) is 7.82. The number of carbonyl (C=O) groups is 3. The van der Waals surface area contributed by atoms with Crippen LogP contribution in [0.2, 0.25) is 0 Å². The Labute approximate surface area is 175 Å². The number of nitrogens with zero attached hydrogens (tertiary/aromatic N) is 1. The monoisotopic (exact) mass is 410 g/mol. The number of anilines is 1. The number of amides is 4. The van der Waals surface area contributed by atoms with E-state index in [1.165, 1.54) is 0 Å². The van der Waals surface area contributed by atoms with E-state index in [2.05, 4.69) is 16.0 Å². The molecule has 0 radical (unpaired) electrons. The molecule has 1 aromatic heterocycles. The Morgan fingerprint density at radius 3 is 2.53 bits per heavy atom. The van der Waals surface area contributed by atoms with E-state index >= 15 is 0 Å². The third kappa shape index (κ3) is 5.20. The molecule has 8 heteroatoms. The zero-order valence-electron chi connectivity index (χ0n) is 16.7. The number of likely N-dealkylation sites (tertiary alicyclic amines) is 1. The van der Waals surface area contributed by atoms with E-state index < -0.39 is 0 Å². The Morgan fingerprint density at radius 1 is 1.03 bits per heavy atom. The molecule has 2 aromatic rings. The average molecular weight is 410 g/mol. The molecule has 2 aliphatic rings. The fourth-order valence-corrected chi connectivity index (χ4v) is 3.57. The quantitative estimate of drug-likeness (QED) is 0.681. The Balaban J connectivity index is 1.26. The molecule has 2 heterocycles. The average Bonchev–Trinajstić information content (AvgIpc) is 3.41. The molecule has 1 aliphatic carbocycles. The predicted molar refractivity (Wildman–Crippen MR) is 111 cm³/mol. The van der Waals surface area contributed by atoms with E-state index in [0.29, 0.717) is 43.7 Å². The van der Waals surface area contributed by atoms with Crippen molar-refractivity contribution >= 4 is 23.5 Å². The summed E-state index contributed by atoms with van der Waals surface area (Å²) in [5, 5.41) is 8.53. The molecular weight excluding hydrogens is 384 g/mol. The molecule has 0 atom stereocenters. The number of piperidine rings is 1. The van der Waals surface area contributed by atoms with Crippen LogP contribution in [0.15, 0.2) is 47.1 Å². The molecule has 1 saturated heterocycles. The van der Waals surface area contributed by atoms with E-state index in [0.717, 1.165) is 18.6 Å². The highest BCUT2D eigenvalue weighted by Crippen LogP contribution is 2.21. The first kappa shape index (κ1) is 20.0. The smallest absolute Gasteiger partial charge is 0.319 e. The van der Waals surface area contributed by atoms with Gasteiger partial charge in [-0.3, -0.25) is 9.59 Å². The van der Waals surface area contributed by atoms with Crippen molar-refractivity contribution in [3.8, 4) is 0 Å². The van der Waals surface area contributed by atoms with Crippen LogP contribution >= 0.6 is 0 Å². The van der Waals surface area contributed by atoms with Crippen LogP contribution in [0, 0.1) is 5.92 Å². The van der Waals surface area contributed by atoms with Crippen molar-refractivity contribution in [3.63, 3.8) is 0 Å². The maximum Gasteiger partial charge on any atom is 0.319 e. The molecule has 3 N–H and O–H groups in total. The molecule has 158 valence electrons. The minimum Gasteiger partial charge on any atom is -0.467 e. The van der Waals surface area contributed by atoms with Crippen LogP contribution in [-0.2, 0) is 11.3 Å². The highest BCUT2D eigenvalue weighted by molar-refractivity contribution is 5.97. The van der Waals surface area contributed by atoms with Gasteiger partial charge in [0.05, 0.1) is 12.8 Å². The number of nitrogens with one attached hydrogen (secondary N) is 3. The number of carbonyl (C=O) groups excluding carboxylic acids is 3. The maximum absolute atomic E-state index is 12.9. The first-order valence-electron chi connectivity index (χ1n) is 10.4. The van der Waals surface area contributed by atoms with Gasteiger partial charge in [-0.15, -0.1) is 0 Å². The minimum atomic E-state index is -0.247. The summed E-state index contributed by atoms with van der Waals surface area (Å²) in [5.41, 5.74) is 1.12. The van der Waals surface area contributed by atoms with Crippen LogP contribution in [0.5, 0.6) is 0 Å². The number of furan rings is 1. The molecule has 30 heavy (non-hydrogen) atoms. The van der Waals surface area contributed by atoms with Crippen LogP contribution < -0.4 is 16.0 Å². The highest BCUT2D eigenvalue weighted by atomic mass is 16.3. The van der Waals surface area contributed by atoms with Gasteiger partial charge in [-0.2, -0.15) is 0 Å². The Morgan fingerprint density at radius 2 is 1.83 bits per heavy atom. The van der Waals surface area contributed by atoms with Crippen molar-refractivity contribution < 1.29 is 18.8 Å². The first-order valence-corrected chi connectivity index (χ1v) is 10.4. The standard InChI is InChI=1S/C22H26N4O4/c27-20(23-14-19-5-2-12-30-19)15-8-10-26(11-9-15)21(28)16-3-1-4-18(13-16)25-22(29)24-17-6-7-17/h1-5,12-13,15,17H,6-11,14H2,(H,23,27)(H2,24,25,29). The largest absolute Gasteiger partial charge is 0.467 e. The molecule has 1 aliphatic heterocycles. The summed E-state index contributed by atoms with van der Waals surface area (Å²) < 4.78 is 5.23. The summed E-state index contributed by atoms with van der Waals surface area (Å²) >= 11 is 0. The van der Waals surface area contributed by atoms with E-state index in [-0.39, 0.29) is 29.8 Å². The summed E-state index contributed by atoms with van der Waals surface area (Å²) in [6.45, 7) is 1.42. The second-order valence-corrected chi connectivity index (χ2v) is 7.82. The molecular formula is C22H26N4O4. The van der Waals surface area contributed by atoms with E-state index in [1.54, 1.807) is 41.5 Å². The molecule has 0 spiro atoms. The van der Waals surface area contributed by atoms with Gasteiger partial charge in [-0.05, 0) is 56.0 Å². The van der Waals surface area contributed by atoms with Gasteiger partial charge in [0.25, 0.3) is 5.91 Å². The van der Waals surface area contributed by atoms with Crippen molar-refractivity contribution in [3.05, 3.63) is 54.0 Å². The fraction of sp³-hybridized carbons (Fsp3) is 0.409. The van der Waals surface area contributed by atoms with Crippen LogP contribution in [0.4, 0.5) is 10.5 Å². The third-order valence-corrected chi connectivity index (χ3v) is 5.45. The number of hydrogen-bond donors (Lipinski definition) is 3. The maximum atomic E-state index is 12.9. The second kappa shape index (κ2) is 9.02. The predicted octanol–water partition coefficient (Wildman–Crippen LogP) is 2.73.